The largest absolute Gasteiger partial charge is 0.493 e. The molecule has 138 valence electrons. The van der Waals surface area contributed by atoms with E-state index >= 15 is 0 Å². The zero-order chi connectivity index (χ0) is 19.4. The summed E-state index contributed by atoms with van der Waals surface area (Å²) in [6, 6.07) is 13.0. The Balaban J connectivity index is 1.89. The van der Waals surface area contributed by atoms with Gasteiger partial charge in [0.15, 0.2) is 11.5 Å². The van der Waals surface area contributed by atoms with Crippen molar-refractivity contribution in [2.24, 2.45) is 5.10 Å². The Bertz CT molecular complexity index is 933. The number of benzene rings is 2. The summed E-state index contributed by atoms with van der Waals surface area (Å²) in [5, 5.41) is 5.81. The van der Waals surface area contributed by atoms with Crippen LogP contribution in [-0.2, 0) is 4.79 Å². The Hall–Kier alpha value is -2.86. The third-order valence-electron chi connectivity index (χ3n) is 3.99. The summed E-state index contributed by atoms with van der Waals surface area (Å²) in [6.45, 7) is 5.85. The molecule has 0 bridgehead atoms. The molecule has 0 atom stereocenters. The molecule has 0 aromatic heterocycles. The molecule has 0 unspecified atom stereocenters. The number of nitrogens with zero attached hydrogens (tertiary/aromatic N) is 2. The summed E-state index contributed by atoms with van der Waals surface area (Å²) in [4.78, 5) is 12.8. The zero-order valence-corrected chi connectivity index (χ0v) is 16.7. The van der Waals surface area contributed by atoms with Crippen LogP contribution in [0.5, 0.6) is 11.5 Å². The van der Waals surface area contributed by atoms with Gasteiger partial charge in [0.05, 0.1) is 24.1 Å². The van der Waals surface area contributed by atoms with Gasteiger partial charge in [0.25, 0.3) is 5.91 Å². The van der Waals surface area contributed by atoms with Gasteiger partial charge in [0, 0.05) is 4.47 Å². The Kier molecular flexibility index (Phi) is 5.76. The standard InChI is InChI=1S/C21H19BrN2O3/c1-4-11-27-19-10-5-15(13-20(19)26-3)12-18-14(2)23-24(21(18)25)17-8-6-16(22)7-9-17/h4-10,12-13H,1,11H2,2-3H3. The van der Waals surface area contributed by atoms with Crippen molar-refractivity contribution in [2.75, 3.05) is 18.7 Å². The minimum atomic E-state index is -0.166. The topological polar surface area (TPSA) is 51.1 Å². The van der Waals surface area contributed by atoms with E-state index in [1.54, 1.807) is 19.3 Å². The van der Waals surface area contributed by atoms with Crippen molar-refractivity contribution in [1.82, 2.24) is 0 Å². The lowest BCUT2D eigenvalue weighted by molar-refractivity contribution is -0.114. The Labute approximate surface area is 166 Å². The predicted molar refractivity (Wildman–Crippen MR) is 111 cm³/mol. The number of hydrazone groups is 1. The van der Waals surface area contributed by atoms with Gasteiger partial charge >= 0.3 is 0 Å². The number of halogens is 1. The number of hydrogen-bond acceptors (Lipinski definition) is 4. The molecule has 0 saturated carbocycles. The first-order chi connectivity index (χ1) is 13.0. The molecule has 0 aliphatic carbocycles. The molecule has 6 heteroatoms. The molecule has 0 radical (unpaired) electrons. The van der Waals surface area contributed by atoms with Crippen molar-refractivity contribution in [2.45, 2.75) is 6.92 Å². The maximum Gasteiger partial charge on any atom is 0.280 e. The van der Waals surface area contributed by atoms with Crippen molar-refractivity contribution in [3.63, 3.8) is 0 Å². The molecule has 1 aliphatic rings. The molecule has 0 N–H and O–H groups in total. The lowest BCUT2D eigenvalue weighted by atomic mass is 10.1. The van der Waals surface area contributed by atoms with Crippen molar-refractivity contribution in [3.05, 3.63) is 70.7 Å². The minimum absolute atomic E-state index is 0.166. The monoisotopic (exact) mass is 426 g/mol. The molecule has 1 heterocycles. The maximum absolute atomic E-state index is 12.8. The van der Waals surface area contributed by atoms with E-state index in [2.05, 4.69) is 27.6 Å². The molecular formula is C21H19BrN2O3. The average molecular weight is 427 g/mol. The highest BCUT2D eigenvalue weighted by molar-refractivity contribution is 9.10. The van der Waals surface area contributed by atoms with E-state index in [4.69, 9.17) is 9.47 Å². The van der Waals surface area contributed by atoms with E-state index in [0.29, 0.717) is 29.4 Å². The van der Waals surface area contributed by atoms with Crippen molar-refractivity contribution in [3.8, 4) is 11.5 Å². The van der Waals surface area contributed by atoms with Gasteiger partial charge in [0.1, 0.15) is 6.61 Å². The van der Waals surface area contributed by atoms with Crippen LogP contribution in [0.15, 0.2) is 70.3 Å². The highest BCUT2D eigenvalue weighted by atomic mass is 79.9. The number of anilines is 1. The molecule has 27 heavy (non-hydrogen) atoms. The van der Waals surface area contributed by atoms with Crippen LogP contribution in [0.2, 0.25) is 0 Å². The van der Waals surface area contributed by atoms with Gasteiger partial charge in [-0.25, -0.2) is 0 Å². The van der Waals surface area contributed by atoms with Crippen molar-refractivity contribution >= 4 is 39.3 Å². The minimum Gasteiger partial charge on any atom is -0.493 e. The highest BCUT2D eigenvalue weighted by Gasteiger charge is 2.28. The molecule has 0 saturated heterocycles. The maximum atomic E-state index is 12.8. The fourth-order valence-corrected chi connectivity index (χ4v) is 2.91. The summed E-state index contributed by atoms with van der Waals surface area (Å²) in [5.41, 5.74) is 2.75. The molecule has 0 fully saturated rings. The lowest BCUT2D eigenvalue weighted by Gasteiger charge is -2.12. The van der Waals surface area contributed by atoms with Gasteiger partial charge in [0.2, 0.25) is 0 Å². The summed E-state index contributed by atoms with van der Waals surface area (Å²) in [7, 11) is 1.58. The van der Waals surface area contributed by atoms with Crippen LogP contribution in [-0.4, -0.2) is 25.3 Å². The fraction of sp³-hybridized carbons (Fsp3) is 0.143. The van der Waals surface area contributed by atoms with Crippen LogP contribution in [0.3, 0.4) is 0 Å². The molecule has 5 nitrogen and oxygen atoms in total. The van der Waals surface area contributed by atoms with E-state index in [-0.39, 0.29) is 5.91 Å². The van der Waals surface area contributed by atoms with Crippen LogP contribution in [0, 0.1) is 0 Å². The number of rotatable bonds is 6. The van der Waals surface area contributed by atoms with E-state index in [1.165, 1.54) is 5.01 Å². The molecule has 0 spiro atoms. The second kappa shape index (κ2) is 8.22. The summed E-state index contributed by atoms with van der Waals surface area (Å²) < 4.78 is 11.9. The van der Waals surface area contributed by atoms with Crippen LogP contribution in [0.1, 0.15) is 12.5 Å². The van der Waals surface area contributed by atoms with E-state index in [0.717, 1.165) is 15.7 Å². The SMILES string of the molecule is C=CCOc1ccc(C=C2C(=O)N(c3ccc(Br)cc3)N=C2C)cc1OC. The van der Waals surface area contributed by atoms with Gasteiger partial charge in [-0.1, -0.05) is 34.7 Å². The normalized spacial score (nSPS) is 15.1. The lowest BCUT2D eigenvalue weighted by Crippen LogP contribution is -2.21. The quantitative estimate of drug-likeness (QED) is 0.490. The van der Waals surface area contributed by atoms with Gasteiger partial charge in [-0.2, -0.15) is 10.1 Å². The molecule has 2 aromatic carbocycles. The van der Waals surface area contributed by atoms with Crippen LogP contribution in [0.25, 0.3) is 6.08 Å². The number of carbonyl (C=O) groups is 1. The molecule has 1 amide bonds. The molecular weight excluding hydrogens is 408 g/mol. The van der Waals surface area contributed by atoms with Crippen LogP contribution < -0.4 is 14.5 Å². The third kappa shape index (κ3) is 4.11. The predicted octanol–water partition coefficient (Wildman–Crippen LogP) is 4.83. The first-order valence-electron chi connectivity index (χ1n) is 8.32. The van der Waals surface area contributed by atoms with Gasteiger partial charge in [-0.15, -0.1) is 0 Å². The second-order valence-electron chi connectivity index (χ2n) is 5.85. The third-order valence-corrected chi connectivity index (χ3v) is 4.52. The zero-order valence-electron chi connectivity index (χ0n) is 15.1. The number of hydrogen-bond donors (Lipinski definition) is 0. The Morgan fingerprint density at radius 2 is 1.93 bits per heavy atom. The summed E-state index contributed by atoms with van der Waals surface area (Å²) in [5.74, 6) is 1.05. The fourth-order valence-electron chi connectivity index (χ4n) is 2.65. The second-order valence-corrected chi connectivity index (χ2v) is 6.76. The van der Waals surface area contributed by atoms with E-state index in [1.807, 2.05) is 49.4 Å². The Morgan fingerprint density at radius 3 is 2.59 bits per heavy atom. The number of amides is 1. The number of ether oxygens (including phenoxy) is 2. The summed E-state index contributed by atoms with van der Waals surface area (Å²) >= 11 is 3.39. The van der Waals surface area contributed by atoms with Crippen molar-refractivity contribution < 1.29 is 14.3 Å². The molecule has 1 aliphatic heterocycles. The van der Waals surface area contributed by atoms with E-state index in [9.17, 15) is 4.79 Å². The smallest absolute Gasteiger partial charge is 0.280 e. The number of methoxy groups -OCH3 is 1. The number of carbonyl (C=O) groups excluding carboxylic acids is 1. The first kappa shape index (κ1) is 18.9. The van der Waals surface area contributed by atoms with Crippen molar-refractivity contribution in [1.29, 1.82) is 0 Å². The van der Waals surface area contributed by atoms with Gasteiger partial charge in [-0.05, 0) is 55.0 Å². The van der Waals surface area contributed by atoms with Gasteiger partial charge in [-0.3, -0.25) is 4.79 Å². The van der Waals surface area contributed by atoms with Crippen LogP contribution >= 0.6 is 15.9 Å². The molecule has 2 aromatic rings. The first-order valence-corrected chi connectivity index (χ1v) is 9.12. The summed E-state index contributed by atoms with van der Waals surface area (Å²) in [6.07, 6.45) is 3.48. The highest BCUT2D eigenvalue weighted by Crippen LogP contribution is 2.31. The van der Waals surface area contributed by atoms with Gasteiger partial charge < -0.3 is 9.47 Å². The average Bonchev–Trinajstić information content (AvgIpc) is 2.95. The van der Waals surface area contributed by atoms with Crippen LogP contribution in [0.4, 0.5) is 5.69 Å². The Morgan fingerprint density at radius 1 is 1.19 bits per heavy atom. The van der Waals surface area contributed by atoms with E-state index < -0.39 is 0 Å². The molecule has 3 rings (SSSR count).